The third-order valence-corrected chi connectivity index (χ3v) is 16.4. The van der Waals surface area contributed by atoms with Gasteiger partial charge < -0.3 is 8.83 Å². The Morgan fingerprint density at radius 1 is 0.288 bits per heavy atom. The largest absolute Gasteiger partial charge is 0.456 e. The van der Waals surface area contributed by atoms with Crippen molar-refractivity contribution < 1.29 is 8.83 Å². The van der Waals surface area contributed by atoms with Gasteiger partial charge in [-0.25, -0.2) is 0 Å². The Morgan fingerprint density at radius 3 is 1.42 bits per heavy atom. The van der Waals surface area contributed by atoms with Crippen molar-refractivity contribution in [2.45, 2.75) is 10.8 Å². The summed E-state index contributed by atoms with van der Waals surface area (Å²) in [6, 6.07) is 74.7. The maximum atomic E-state index is 6.37. The molecule has 308 valence electrons. The van der Waals surface area contributed by atoms with Crippen LogP contribution in [0.5, 0.6) is 0 Å². The number of rotatable bonds is 0. The first-order chi connectivity index (χ1) is 32.6. The van der Waals surface area contributed by atoms with Crippen LogP contribution in [0, 0.1) is 0 Å². The van der Waals surface area contributed by atoms with Crippen molar-refractivity contribution in [1.29, 1.82) is 0 Å². The minimum atomic E-state index is -0.381. The van der Waals surface area contributed by atoms with Gasteiger partial charge in [0.25, 0.3) is 0 Å². The van der Waals surface area contributed by atoms with Crippen LogP contribution in [-0.4, -0.2) is 0 Å². The van der Waals surface area contributed by atoms with Gasteiger partial charge >= 0.3 is 0 Å². The fraction of sp³-hybridized carbons (Fsp3) is 0.0323. The first-order valence-electron chi connectivity index (χ1n) is 22.5. The van der Waals surface area contributed by atoms with Crippen molar-refractivity contribution >= 4 is 75.7 Å². The average molecular weight is 971 g/mol. The maximum absolute atomic E-state index is 6.37. The van der Waals surface area contributed by atoms with Gasteiger partial charge in [-0.15, -0.1) is 0 Å². The van der Waals surface area contributed by atoms with E-state index < -0.39 is 0 Å². The van der Waals surface area contributed by atoms with Gasteiger partial charge in [0.1, 0.15) is 22.3 Å². The fourth-order valence-electron chi connectivity index (χ4n) is 12.8. The monoisotopic (exact) mass is 968 g/mol. The minimum absolute atomic E-state index is 0.352. The number of benzene rings is 10. The zero-order valence-corrected chi connectivity index (χ0v) is 38.4. The second-order valence-electron chi connectivity index (χ2n) is 18.0. The number of halogens is 2. The van der Waals surface area contributed by atoms with Crippen LogP contribution in [0.4, 0.5) is 0 Å². The van der Waals surface area contributed by atoms with Crippen molar-refractivity contribution in [2.75, 3.05) is 0 Å². The summed E-state index contributed by atoms with van der Waals surface area (Å²) in [4.78, 5) is 0. The van der Waals surface area contributed by atoms with Gasteiger partial charge in [0.15, 0.2) is 0 Å². The van der Waals surface area contributed by atoms with Gasteiger partial charge in [0.2, 0.25) is 0 Å². The van der Waals surface area contributed by atoms with Crippen LogP contribution in [0.15, 0.2) is 224 Å². The van der Waals surface area contributed by atoms with Crippen LogP contribution < -0.4 is 0 Å². The molecule has 10 aromatic carbocycles. The summed E-state index contributed by atoms with van der Waals surface area (Å²) < 4.78 is 15.0. The molecule has 2 unspecified atom stereocenters. The van der Waals surface area contributed by atoms with E-state index in [9.17, 15) is 0 Å². The Morgan fingerprint density at radius 2 is 0.758 bits per heavy atom. The molecule has 0 amide bonds. The molecule has 4 aliphatic carbocycles. The molecule has 0 N–H and O–H groups in total. The SMILES string of the molecule is Brc1cccc2c1-c1ccccc1C21c2ccccc2-c2cc3c(cc21)oc1ccccc13.Brc1cccc2c1-c1ccccc1C21c2ccccc2-c2ccc3oc4ccccc4c3c21. The number of fused-ring (bicyclic) bond motifs is 27. The smallest absolute Gasteiger partial charge is 0.135 e. The normalized spacial score (nSPS) is 17.4. The molecule has 2 spiro atoms. The first-order valence-corrected chi connectivity index (χ1v) is 24.0. The lowest BCUT2D eigenvalue weighted by Crippen LogP contribution is -2.26. The fourth-order valence-corrected chi connectivity index (χ4v) is 14.0. The molecule has 2 aromatic heterocycles. The van der Waals surface area contributed by atoms with E-state index in [1.54, 1.807) is 0 Å². The summed E-state index contributed by atoms with van der Waals surface area (Å²) in [5.74, 6) is 0. The van der Waals surface area contributed by atoms with Crippen molar-refractivity contribution in [1.82, 2.24) is 0 Å². The van der Waals surface area contributed by atoms with Crippen molar-refractivity contribution in [3.8, 4) is 44.5 Å². The molecule has 2 atom stereocenters. The van der Waals surface area contributed by atoms with E-state index in [4.69, 9.17) is 8.83 Å². The van der Waals surface area contributed by atoms with Gasteiger partial charge in [0, 0.05) is 41.6 Å². The third kappa shape index (κ3) is 4.42. The number of furan rings is 2. The molecule has 0 bridgehead atoms. The van der Waals surface area contributed by atoms with Gasteiger partial charge in [-0.3, -0.25) is 0 Å². The molecular formula is C62H34Br2O2. The Labute approximate surface area is 397 Å². The van der Waals surface area contributed by atoms with Crippen molar-refractivity contribution in [3.05, 3.63) is 260 Å². The van der Waals surface area contributed by atoms with Crippen LogP contribution in [0.3, 0.4) is 0 Å². The highest BCUT2D eigenvalue weighted by Gasteiger charge is 2.54. The third-order valence-electron chi connectivity index (χ3n) is 15.1. The molecule has 2 heterocycles. The molecule has 0 radical (unpaired) electrons. The lowest BCUT2D eigenvalue weighted by molar-refractivity contribution is 0.666. The van der Waals surface area contributed by atoms with E-state index in [1.165, 1.54) is 111 Å². The van der Waals surface area contributed by atoms with E-state index >= 15 is 0 Å². The molecule has 66 heavy (non-hydrogen) atoms. The van der Waals surface area contributed by atoms with Gasteiger partial charge in [-0.05, 0) is 120 Å². The summed E-state index contributed by atoms with van der Waals surface area (Å²) in [7, 11) is 0. The predicted molar refractivity (Wildman–Crippen MR) is 275 cm³/mol. The number of para-hydroxylation sites is 2. The first kappa shape index (κ1) is 37.0. The topological polar surface area (TPSA) is 26.3 Å². The Hall–Kier alpha value is -7.24. The molecule has 4 aliphatic rings. The second kappa shape index (κ2) is 13.2. The molecule has 16 rings (SSSR count). The Bertz CT molecular complexity index is 4100. The van der Waals surface area contributed by atoms with Crippen LogP contribution in [0.2, 0.25) is 0 Å². The number of hydrogen-bond acceptors (Lipinski definition) is 2. The summed E-state index contributed by atoms with van der Waals surface area (Å²) in [6.45, 7) is 0. The molecule has 2 nitrogen and oxygen atoms in total. The maximum Gasteiger partial charge on any atom is 0.135 e. The highest BCUT2D eigenvalue weighted by atomic mass is 79.9. The van der Waals surface area contributed by atoms with E-state index in [1.807, 2.05) is 12.1 Å². The van der Waals surface area contributed by atoms with Crippen molar-refractivity contribution in [3.63, 3.8) is 0 Å². The quantitative estimate of drug-likeness (QED) is 0.151. The molecule has 12 aromatic rings. The lowest BCUT2D eigenvalue weighted by atomic mass is 9.69. The standard InChI is InChI=1S/2C31H17BrO/c32-27-14-7-13-25-30(27)20-10-2-5-12-24(20)31(25)23-11-4-1-8-18(23)21-16-22-19-9-3-6-15-28(19)33-29(22)17-26(21)31;32-25-14-7-13-24-28(25)20-9-2-5-12-23(20)31(24)22-11-4-1-8-18(22)19-16-17-27-29(30(19)31)21-10-3-6-15-26(21)33-27/h2*1-17H. The molecule has 0 saturated heterocycles. The molecule has 0 aliphatic heterocycles. The zero-order chi connectivity index (χ0) is 43.5. The zero-order valence-electron chi connectivity index (χ0n) is 35.2. The van der Waals surface area contributed by atoms with E-state index in [2.05, 4.69) is 226 Å². The molecule has 0 saturated carbocycles. The van der Waals surface area contributed by atoms with Crippen molar-refractivity contribution in [2.24, 2.45) is 0 Å². The van der Waals surface area contributed by atoms with Crippen LogP contribution >= 0.6 is 31.9 Å². The van der Waals surface area contributed by atoms with E-state index in [0.717, 1.165) is 31.3 Å². The van der Waals surface area contributed by atoms with Gasteiger partial charge in [0.05, 0.1) is 10.8 Å². The molecule has 0 fully saturated rings. The summed E-state index contributed by atoms with van der Waals surface area (Å²) in [5.41, 5.74) is 24.1. The minimum Gasteiger partial charge on any atom is -0.456 e. The number of hydrogen-bond donors (Lipinski definition) is 0. The molecular weight excluding hydrogens is 936 g/mol. The highest BCUT2D eigenvalue weighted by Crippen LogP contribution is 2.67. The predicted octanol–water partition coefficient (Wildman–Crippen LogP) is 17.4. The van der Waals surface area contributed by atoms with E-state index in [0.29, 0.717) is 0 Å². The highest BCUT2D eigenvalue weighted by molar-refractivity contribution is 9.11. The lowest BCUT2D eigenvalue weighted by Gasteiger charge is -2.31. The Kier molecular flexibility index (Phi) is 7.40. The molecule has 4 heteroatoms. The van der Waals surface area contributed by atoms with Crippen LogP contribution in [0.25, 0.3) is 88.4 Å². The average Bonchev–Trinajstić information content (AvgIpc) is 4.19. The van der Waals surface area contributed by atoms with E-state index in [-0.39, 0.29) is 10.8 Å². The second-order valence-corrected chi connectivity index (χ2v) is 19.7. The Balaban J connectivity index is 0.000000121. The van der Waals surface area contributed by atoms with Crippen LogP contribution in [-0.2, 0) is 10.8 Å². The van der Waals surface area contributed by atoms with Gasteiger partial charge in [-0.1, -0.05) is 196 Å². The van der Waals surface area contributed by atoms with Gasteiger partial charge in [-0.2, -0.15) is 0 Å². The summed E-state index contributed by atoms with van der Waals surface area (Å²) in [6.07, 6.45) is 0. The summed E-state index contributed by atoms with van der Waals surface area (Å²) >= 11 is 7.76. The van der Waals surface area contributed by atoms with Crippen LogP contribution in [0.1, 0.15) is 44.5 Å². The summed E-state index contributed by atoms with van der Waals surface area (Å²) in [5, 5.41) is 4.75.